The van der Waals surface area contributed by atoms with Crippen molar-refractivity contribution in [2.24, 2.45) is 0 Å². The quantitative estimate of drug-likeness (QED) is 0.871. The lowest BCUT2D eigenvalue weighted by Crippen LogP contribution is -2.30. The van der Waals surface area contributed by atoms with Gasteiger partial charge in [0.25, 0.3) is 0 Å². The Morgan fingerprint density at radius 2 is 2.09 bits per heavy atom. The Morgan fingerprint density at radius 1 is 1.23 bits per heavy atom. The summed E-state index contributed by atoms with van der Waals surface area (Å²) < 4.78 is 41.0. The van der Waals surface area contributed by atoms with Gasteiger partial charge in [0.1, 0.15) is 5.75 Å². The van der Waals surface area contributed by atoms with Gasteiger partial charge in [0.05, 0.1) is 0 Å². The first-order valence-corrected chi connectivity index (χ1v) is 7.63. The van der Waals surface area contributed by atoms with E-state index in [1.165, 1.54) is 36.2 Å². The Balaban J connectivity index is 1.70. The Labute approximate surface area is 126 Å². The van der Waals surface area contributed by atoms with E-state index in [1.807, 2.05) is 0 Å². The number of nitrogens with one attached hydrogen (secondary N) is 1. The van der Waals surface area contributed by atoms with E-state index in [0.717, 1.165) is 36.8 Å². The van der Waals surface area contributed by atoms with Gasteiger partial charge in [-0.3, -0.25) is 4.90 Å². The summed E-state index contributed by atoms with van der Waals surface area (Å²) in [6, 6.07) is 5.15. The molecule has 1 N–H and O–H groups in total. The highest BCUT2D eigenvalue weighted by Crippen LogP contribution is 2.33. The molecule has 2 aliphatic heterocycles. The molecule has 1 atom stereocenters. The Kier molecular flexibility index (Phi) is 3.11. The Morgan fingerprint density at radius 3 is 2.91 bits per heavy atom. The number of fused-ring (bicyclic) bond motifs is 4. The van der Waals surface area contributed by atoms with Gasteiger partial charge in [-0.15, -0.1) is 13.2 Å². The number of aromatic nitrogens is 1. The normalized spacial score (nSPS) is 22.4. The molecular formula is C16H17F3N2O. The highest BCUT2D eigenvalue weighted by Gasteiger charge is 2.32. The topological polar surface area (TPSA) is 28.3 Å². The van der Waals surface area contributed by atoms with Gasteiger partial charge in [-0.05, 0) is 43.5 Å². The van der Waals surface area contributed by atoms with Crippen LogP contribution in [0.2, 0.25) is 0 Å². The molecule has 1 saturated heterocycles. The van der Waals surface area contributed by atoms with Gasteiger partial charge in [-0.25, -0.2) is 0 Å². The zero-order chi connectivity index (χ0) is 15.3. The van der Waals surface area contributed by atoms with Gasteiger partial charge in [-0.2, -0.15) is 0 Å². The van der Waals surface area contributed by atoms with E-state index in [0.29, 0.717) is 6.04 Å². The van der Waals surface area contributed by atoms with Crippen molar-refractivity contribution >= 4 is 10.9 Å². The number of hydrogen-bond donors (Lipinski definition) is 1. The number of aromatic amines is 1. The van der Waals surface area contributed by atoms with E-state index in [1.54, 1.807) is 6.07 Å². The van der Waals surface area contributed by atoms with Crippen molar-refractivity contribution in [2.45, 2.75) is 38.1 Å². The van der Waals surface area contributed by atoms with Crippen LogP contribution in [-0.4, -0.2) is 35.4 Å². The highest BCUT2D eigenvalue weighted by molar-refractivity contribution is 5.86. The largest absolute Gasteiger partial charge is 0.573 e. The minimum atomic E-state index is -4.65. The number of hydrogen-bond acceptors (Lipinski definition) is 2. The molecule has 1 fully saturated rings. The number of nitrogens with zero attached hydrogens (tertiary/aromatic N) is 1. The molecule has 1 aromatic carbocycles. The van der Waals surface area contributed by atoms with Crippen LogP contribution in [0.15, 0.2) is 18.2 Å². The van der Waals surface area contributed by atoms with Crippen molar-refractivity contribution in [2.75, 3.05) is 13.1 Å². The highest BCUT2D eigenvalue weighted by atomic mass is 19.4. The van der Waals surface area contributed by atoms with Crippen LogP contribution in [0.5, 0.6) is 5.75 Å². The van der Waals surface area contributed by atoms with Gasteiger partial charge in [0.15, 0.2) is 0 Å². The Hall–Kier alpha value is -1.69. The maximum atomic E-state index is 12.3. The number of rotatable bonds is 1. The molecule has 0 aliphatic carbocycles. The van der Waals surface area contributed by atoms with E-state index in [9.17, 15) is 13.2 Å². The van der Waals surface area contributed by atoms with Crippen molar-refractivity contribution in [1.82, 2.24) is 9.88 Å². The van der Waals surface area contributed by atoms with Crippen molar-refractivity contribution < 1.29 is 17.9 Å². The third-order valence-electron chi connectivity index (χ3n) is 4.79. The molecule has 2 aliphatic rings. The minimum Gasteiger partial charge on any atom is -0.406 e. The predicted octanol–water partition coefficient (Wildman–Crippen LogP) is 3.63. The van der Waals surface area contributed by atoms with Crippen LogP contribution in [-0.2, 0) is 12.8 Å². The third-order valence-corrected chi connectivity index (χ3v) is 4.79. The molecule has 118 valence electrons. The van der Waals surface area contributed by atoms with Crippen LogP contribution in [0.25, 0.3) is 10.9 Å². The van der Waals surface area contributed by atoms with Crippen molar-refractivity contribution in [3.8, 4) is 5.75 Å². The predicted molar refractivity (Wildman–Crippen MR) is 77.0 cm³/mol. The summed E-state index contributed by atoms with van der Waals surface area (Å²) in [4.78, 5) is 5.85. The number of ether oxygens (including phenoxy) is 1. The first-order chi connectivity index (χ1) is 10.5. The molecule has 0 radical (unpaired) electrons. The molecule has 1 unspecified atom stereocenters. The minimum absolute atomic E-state index is 0.168. The van der Waals surface area contributed by atoms with Gasteiger partial charge < -0.3 is 9.72 Å². The molecule has 22 heavy (non-hydrogen) atoms. The summed E-state index contributed by atoms with van der Waals surface area (Å²) in [5, 5.41) is 1.02. The lowest BCUT2D eigenvalue weighted by atomic mass is 10.0. The Bertz CT molecular complexity index is 707. The monoisotopic (exact) mass is 310 g/mol. The van der Waals surface area contributed by atoms with Gasteiger partial charge in [0.2, 0.25) is 0 Å². The smallest absolute Gasteiger partial charge is 0.406 e. The third kappa shape index (κ3) is 2.45. The van der Waals surface area contributed by atoms with Crippen LogP contribution in [0, 0.1) is 0 Å². The lowest BCUT2D eigenvalue weighted by Gasteiger charge is -2.20. The SMILES string of the molecule is FC(F)(F)Oc1ccc2c3c([nH]c2c1)CC1CCCN1CC3. The molecule has 0 bridgehead atoms. The number of alkyl halides is 3. The second-order valence-electron chi connectivity index (χ2n) is 6.12. The fourth-order valence-corrected chi connectivity index (χ4v) is 3.86. The molecule has 1 aromatic heterocycles. The van der Waals surface area contributed by atoms with Crippen molar-refractivity contribution in [3.63, 3.8) is 0 Å². The average Bonchev–Trinajstić information content (AvgIpc) is 2.96. The molecule has 0 amide bonds. The summed E-state index contributed by atoms with van der Waals surface area (Å²) in [5.74, 6) is -0.168. The molecular weight excluding hydrogens is 293 g/mol. The fraction of sp³-hybridized carbons (Fsp3) is 0.500. The molecule has 0 spiro atoms. The number of halogens is 3. The summed E-state index contributed by atoms with van der Waals surface area (Å²) in [6.45, 7) is 2.20. The van der Waals surface area contributed by atoms with Crippen LogP contribution in [0.3, 0.4) is 0 Å². The molecule has 6 heteroatoms. The molecule has 0 saturated carbocycles. The van der Waals surface area contributed by atoms with Crippen molar-refractivity contribution in [1.29, 1.82) is 0 Å². The van der Waals surface area contributed by atoms with Crippen molar-refractivity contribution in [3.05, 3.63) is 29.5 Å². The van der Waals surface area contributed by atoms with Gasteiger partial charge >= 0.3 is 6.36 Å². The zero-order valence-electron chi connectivity index (χ0n) is 12.0. The van der Waals surface area contributed by atoms with E-state index in [2.05, 4.69) is 14.6 Å². The lowest BCUT2D eigenvalue weighted by molar-refractivity contribution is -0.274. The zero-order valence-corrected chi connectivity index (χ0v) is 12.0. The van der Waals surface area contributed by atoms with Crippen LogP contribution >= 0.6 is 0 Å². The number of benzene rings is 1. The summed E-state index contributed by atoms with van der Waals surface area (Å²) in [6.07, 6.45) is -0.298. The average molecular weight is 310 g/mol. The van der Waals surface area contributed by atoms with E-state index >= 15 is 0 Å². The molecule has 4 rings (SSSR count). The first-order valence-electron chi connectivity index (χ1n) is 7.63. The maximum absolute atomic E-state index is 12.3. The summed E-state index contributed by atoms with van der Waals surface area (Å²) >= 11 is 0. The standard InChI is InChI=1S/C16H17F3N2O/c17-16(18,19)22-11-3-4-12-13-5-7-21-6-1-2-10(21)8-14(13)20-15(12)9-11/h3-4,9-10,20H,1-2,5-8H2. The fourth-order valence-electron chi connectivity index (χ4n) is 3.86. The van der Waals surface area contributed by atoms with E-state index < -0.39 is 6.36 Å². The number of H-pyrrole nitrogens is 1. The van der Waals surface area contributed by atoms with Crippen LogP contribution in [0.1, 0.15) is 24.1 Å². The molecule has 2 aromatic rings. The van der Waals surface area contributed by atoms with E-state index in [4.69, 9.17) is 0 Å². The van der Waals surface area contributed by atoms with Crippen LogP contribution < -0.4 is 4.74 Å². The summed E-state index contributed by atoms with van der Waals surface area (Å²) in [7, 11) is 0. The molecule has 3 nitrogen and oxygen atoms in total. The van der Waals surface area contributed by atoms with Gasteiger partial charge in [0, 0.05) is 41.7 Å². The second kappa shape index (κ2) is 4.91. The first kappa shape index (κ1) is 13.9. The second-order valence-corrected chi connectivity index (χ2v) is 6.12. The van der Waals surface area contributed by atoms with Gasteiger partial charge in [-0.1, -0.05) is 0 Å². The maximum Gasteiger partial charge on any atom is 0.573 e. The van der Waals surface area contributed by atoms with E-state index in [-0.39, 0.29) is 5.75 Å². The van der Waals surface area contributed by atoms with Crippen LogP contribution in [0.4, 0.5) is 13.2 Å². The molecule has 3 heterocycles. The summed E-state index contributed by atoms with van der Waals surface area (Å²) in [5.41, 5.74) is 3.16.